The summed E-state index contributed by atoms with van der Waals surface area (Å²) in [6.07, 6.45) is 4.75. The van der Waals surface area contributed by atoms with E-state index in [9.17, 15) is 9.59 Å². The Balaban J connectivity index is 3.09. The van der Waals surface area contributed by atoms with Gasteiger partial charge in [-0.3, -0.25) is 9.59 Å². The fraction of sp³-hybridized carbons (Fsp3) is 0.684. The van der Waals surface area contributed by atoms with E-state index < -0.39 is 0 Å². The van der Waals surface area contributed by atoms with E-state index in [1.807, 2.05) is 27.8 Å². The summed E-state index contributed by atoms with van der Waals surface area (Å²) < 4.78 is 0. The molecule has 1 aliphatic carbocycles. The SMILES string of the molecule is CCC(C)=C(C(C)=O)C1=C(N(C)CC(=O)C(C)CC)CCC1. The lowest BCUT2D eigenvalue weighted by Gasteiger charge is -2.24. The second-order valence-corrected chi connectivity index (χ2v) is 6.48. The lowest BCUT2D eigenvalue weighted by atomic mass is 9.94. The third-order valence-corrected chi connectivity index (χ3v) is 4.82. The molecule has 1 aliphatic rings. The Labute approximate surface area is 135 Å². The van der Waals surface area contributed by atoms with Gasteiger partial charge in [-0.2, -0.15) is 0 Å². The fourth-order valence-electron chi connectivity index (χ4n) is 3.08. The summed E-state index contributed by atoms with van der Waals surface area (Å²) in [5.74, 6) is 0.535. The van der Waals surface area contributed by atoms with Crippen molar-refractivity contribution in [2.75, 3.05) is 13.6 Å². The van der Waals surface area contributed by atoms with Crippen LogP contribution in [-0.2, 0) is 9.59 Å². The average molecular weight is 305 g/mol. The largest absolute Gasteiger partial charge is 0.370 e. The highest BCUT2D eigenvalue weighted by atomic mass is 16.1. The van der Waals surface area contributed by atoms with Crippen molar-refractivity contribution in [3.05, 3.63) is 22.4 Å². The minimum absolute atomic E-state index is 0.105. The molecule has 0 amide bonds. The molecule has 0 saturated carbocycles. The van der Waals surface area contributed by atoms with Crippen molar-refractivity contribution in [1.82, 2.24) is 4.90 Å². The van der Waals surface area contributed by atoms with Crippen LogP contribution in [0.3, 0.4) is 0 Å². The lowest BCUT2D eigenvalue weighted by Crippen LogP contribution is -2.29. The molecule has 1 unspecified atom stereocenters. The van der Waals surface area contributed by atoms with Crippen molar-refractivity contribution in [1.29, 1.82) is 0 Å². The molecule has 0 radical (unpaired) electrons. The van der Waals surface area contributed by atoms with Crippen LogP contribution in [0.1, 0.15) is 66.7 Å². The number of allylic oxidation sites excluding steroid dienone is 4. The molecule has 0 aliphatic heterocycles. The number of hydrogen-bond acceptors (Lipinski definition) is 3. The number of rotatable bonds is 8. The van der Waals surface area contributed by atoms with Crippen LogP contribution in [0.25, 0.3) is 0 Å². The Morgan fingerprint density at radius 1 is 1.18 bits per heavy atom. The van der Waals surface area contributed by atoms with Gasteiger partial charge in [-0.15, -0.1) is 0 Å². The van der Waals surface area contributed by atoms with Gasteiger partial charge in [0.1, 0.15) is 0 Å². The summed E-state index contributed by atoms with van der Waals surface area (Å²) in [6, 6.07) is 0. The number of carbonyl (C=O) groups is 2. The topological polar surface area (TPSA) is 37.4 Å². The molecular weight excluding hydrogens is 274 g/mol. The standard InChI is InChI=1S/C19H31NO2/c1-7-13(3)18(22)12-20(6)17-11-9-10-16(17)19(15(5)21)14(4)8-2/h13H,7-12H2,1-6H3. The summed E-state index contributed by atoms with van der Waals surface area (Å²) in [5.41, 5.74) is 4.42. The summed E-state index contributed by atoms with van der Waals surface area (Å²) in [4.78, 5) is 26.4. The van der Waals surface area contributed by atoms with Crippen molar-refractivity contribution in [2.24, 2.45) is 5.92 Å². The van der Waals surface area contributed by atoms with Crippen molar-refractivity contribution >= 4 is 11.6 Å². The number of carbonyl (C=O) groups excluding carboxylic acids is 2. The van der Waals surface area contributed by atoms with Gasteiger partial charge in [-0.05, 0) is 51.5 Å². The first-order valence-corrected chi connectivity index (χ1v) is 8.50. The van der Waals surface area contributed by atoms with Crippen LogP contribution < -0.4 is 0 Å². The van der Waals surface area contributed by atoms with Gasteiger partial charge in [0.25, 0.3) is 0 Å². The first-order chi connectivity index (χ1) is 10.3. The van der Waals surface area contributed by atoms with E-state index in [0.717, 1.165) is 43.3 Å². The highest BCUT2D eigenvalue weighted by Gasteiger charge is 2.25. The highest BCUT2D eigenvalue weighted by Crippen LogP contribution is 2.35. The van der Waals surface area contributed by atoms with Gasteiger partial charge in [0.2, 0.25) is 0 Å². The maximum absolute atomic E-state index is 12.2. The number of Topliss-reactive ketones (excluding diaryl/α,β-unsaturated/α-hetero) is 2. The Morgan fingerprint density at radius 2 is 1.82 bits per heavy atom. The van der Waals surface area contributed by atoms with Crippen molar-refractivity contribution < 1.29 is 9.59 Å². The zero-order chi connectivity index (χ0) is 16.9. The molecule has 0 spiro atoms. The van der Waals surface area contributed by atoms with Crippen LogP contribution in [0.15, 0.2) is 22.4 Å². The van der Waals surface area contributed by atoms with Gasteiger partial charge in [0, 0.05) is 24.2 Å². The minimum Gasteiger partial charge on any atom is -0.370 e. The van der Waals surface area contributed by atoms with E-state index in [2.05, 4.69) is 11.8 Å². The van der Waals surface area contributed by atoms with Crippen LogP contribution in [-0.4, -0.2) is 30.1 Å². The average Bonchev–Trinajstić information content (AvgIpc) is 2.94. The Kier molecular flexibility index (Phi) is 7.05. The third-order valence-electron chi connectivity index (χ3n) is 4.82. The molecule has 0 bridgehead atoms. The molecule has 1 atom stereocenters. The fourth-order valence-corrected chi connectivity index (χ4v) is 3.08. The zero-order valence-corrected chi connectivity index (χ0v) is 15.1. The number of ketones is 2. The van der Waals surface area contributed by atoms with E-state index in [1.54, 1.807) is 6.92 Å². The van der Waals surface area contributed by atoms with Crippen LogP contribution in [0.4, 0.5) is 0 Å². The predicted octanol–water partition coefficient (Wildman–Crippen LogP) is 4.29. The van der Waals surface area contributed by atoms with E-state index >= 15 is 0 Å². The lowest BCUT2D eigenvalue weighted by molar-refractivity contribution is -0.123. The van der Waals surface area contributed by atoms with Crippen LogP contribution in [0.5, 0.6) is 0 Å². The van der Waals surface area contributed by atoms with Crippen LogP contribution >= 0.6 is 0 Å². The van der Waals surface area contributed by atoms with Gasteiger partial charge >= 0.3 is 0 Å². The highest BCUT2D eigenvalue weighted by molar-refractivity contribution is 5.98. The Morgan fingerprint density at radius 3 is 2.32 bits per heavy atom. The van der Waals surface area contributed by atoms with Crippen molar-refractivity contribution in [2.45, 2.75) is 66.7 Å². The van der Waals surface area contributed by atoms with Gasteiger partial charge in [-0.1, -0.05) is 26.3 Å². The summed E-state index contributed by atoms with van der Waals surface area (Å²) in [5, 5.41) is 0. The second kappa shape index (κ2) is 8.30. The van der Waals surface area contributed by atoms with E-state index in [4.69, 9.17) is 0 Å². The van der Waals surface area contributed by atoms with Gasteiger partial charge in [-0.25, -0.2) is 0 Å². The summed E-state index contributed by atoms with van der Waals surface area (Å²) >= 11 is 0. The minimum atomic E-state index is 0.105. The molecule has 0 aromatic heterocycles. The molecule has 0 N–H and O–H groups in total. The van der Waals surface area contributed by atoms with Gasteiger partial charge < -0.3 is 4.90 Å². The zero-order valence-electron chi connectivity index (χ0n) is 15.1. The van der Waals surface area contributed by atoms with E-state index in [0.29, 0.717) is 6.54 Å². The first kappa shape index (κ1) is 18.7. The predicted molar refractivity (Wildman–Crippen MR) is 91.6 cm³/mol. The molecule has 22 heavy (non-hydrogen) atoms. The van der Waals surface area contributed by atoms with E-state index in [-0.39, 0.29) is 17.5 Å². The molecule has 0 aromatic carbocycles. The molecule has 1 rings (SSSR count). The molecule has 3 nitrogen and oxygen atoms in total. The number of nitrogens with zero attached hydrogens (tertiary/aromatic N) is 1. The maximum atomic E-state index is 12.2. The van der Waals surface area contributed by atoms with E-state index in [1.165, 1.54) is 11.3 Å². The normalized spacial score (nSPS) is 17.4. The van der Waals surface area contributed by atoms with Crippen molar-refractivity contribution in [3.8, 4) is 0 Å². The monoisotopic (exact) mass is 305 g/mol. The molecule has 0 heterocycles. The first-order valence-electron chi connectivity index (χ1n) is 8.50. The molecule has 124 valence electrons. The number of likely N-dealkylation sites (N-methyl/N-ethyl adjacent to an activating group) is 1. The Hall–Kier alpha value is -1.38. The van der Waals surface area contributed by atoms with Gasteiger partial charge in [0.05, 0.1) is 6.54 Å². The Bertz CT molecular complexity index is 500. The molecular formula is C19H31NO2. The number of hydrogen-bond donors (Lipinski definition) is 0. The maximum Gasteiger partial charge on any atom is 0.160 e. The van der Waals surface area contributed by atoms with Crippen molar-refractivity contribution in [3.63, 3.8) is 0 Å². The molecule has 0 saturated heterocycles. The molecule has 3 heteroatoms. The van der Waals surface area contributed by atoms with Crippen LogP contribution in [0, 0.1) is 5.92 Å². The quantitative estimate of drug-likeness (QED) is 0.628. The van der Waals surface area contributed by atoms with Gasteiger partial charge in [0.15, 0.2) is 11.6 Å². The molecule has 0 aromatic rings. The second-order valence-electron chi connectivity index (χ2n) is 6.48. The smallest absolute Gasteiger partial charge is 0.160 e. The molecule has 0 fully saturated rings. The van der Waals surface area contributed by atoms with Crippen LogP contribution in [0.2, 0.25) is 0 Å². The summed E-state index contributed by atoms with van der Waals surface area (Å²) in [6.45, 7) is 10.3. The summed E-state index contributed by atoms with van der Waals surface area (Å²) in [7, 11) is 1.99. The third kappa shape index (κ3) is 4.31.